The van der Waals surface area contributed by atoms with Crippen molar-refractivity contribution in [3.63, 3.8) is 0 Å². The average molecular weight is 354 g/mol. The molecule has 10 heteroatoms. The van der Waals surface area contributed by atoms with Crippen molar-refractivity contribution in [3.05, 3.63) is 35.0 Å². The first-order valence-electron chi connectivity index (χ1n) is 8.04. The van der Waals surface area contributed by atoms with Crippen LogP contribution in [0.3, 0.4) is 0 Å². The molecule has 0 saturated carbocycles. The zero-order chi connectivity index (χ0) is 18.1. The molecule has 0 radical (unpaired) electrons. The number of likely N-dealkylation sites (tertiary alicyclic amines) is 1. The molecule has 2 heterocycles. The monoisotopic (exact) mass is 354 g/mol. The molecule has 10 nitrogen and oxygen atoms in total. The molecule has 1 aromatic rings. The van der Waals surface area contributed by atoms with E-state index in [1.54, 1.807) is 34.0 Å². The number of nitrogens with zero attached hydrogens (tertiary/aromatic N) is 3. The van der Waals surface area contributed by atoms with Crippen LogP contribution in [0, 0.1) is 4.91 Å². The highest BCUT2D eigenvalue weighted by Crippen LogP contribution is 2.09. The van der Waals surface area contributed by atoms with Crippen LogP contribution in [0.15, 0.2) is 24.5 Å². The lowest BCUT2D eigenvalue weighted by Crippen LogP contribution is -2.42. The number of pyridine rings is 1. The SMILES string of the molecule is O=C(NCCO[N+](=O)O)c1ccc[n+](COC(=O)N2CCCCC2)c1. The van der Waals surface area contributed by atoms with Crippen molar-refractivity contribution in [2.45, 2.75) is 26.0 Å². The lowest BCUT2D eigenvalue weighted by molar-refractivity contribution is -0.975. The van der Waals surface area contributed by atoms with Crippen molar-refractivity contribution < 1.29 is 34.0 Å². The maximum atomic E-state index is 12.0. The molecule has 1 aliphatic rings. The molecule has 1 fully saturated rings. The van der Waals surface area contributed by atoms with Gasteiger partial charge in [0.05, 0.1) is 6.54 Å². The largest absolute Gasteiger partial charge is 0.475 e. The summed E-state index contributed by atoms with van der Waals surface area (Å²) < 4.78 is 6.84. The minimum absolute atomic E-state index is 0.00915. The predicted octanol–water partition coefficient (Wildman–Crippen LogP) is 0.384. The fourth-order valence-corrected chi connectivity index (χ4v) is 2.42. The highest BCUT2D eigenvalue weighted by Gasteiger charge is 2.19. The topological polar surface area (TPSA) is 112 Å². The van der Waals surface area contributed by atoms with Crippen molar-refractivity contribution >= 4 is 12.0 Å². The summed E-state index contributed by atoms with van der Waals surface area (Å²) in [6, 6.07) is 3.26. The maximum Gasteiger partial charge on any atom is 0.475 e. The Bertz CT molecular complexity index is 618. The van der Waals surface area contributed by atoms with E-state index in [4.69, 9.17) is 9.94 Å². The van der Waals surface area contributed by atoms with Gasteiger partial charge < -0.3 is 15.0 Å². The second-order valence-corrected chi connectivity index (χ2v) is 5.52. The third-order valence-corrected chi connectivity index (χ3v) is 3.66. The van der Waals surface area contributed by atoms with Crippen molar-refractivity contribution in [1.82, 2.24) is 10.2 Å². The average Bonchev–Trinajstić information content (AvgIpc) is 2.64. The Balaban J connectivity index is 1.80. The van der Waals surface area contributed by atoms with Crippen LogP contribution in [-0.4, -0.2) is 53.4 Å². The number of amides is 2. The van der Waals surface area contributed by atoms with Crippen LogP contribution in [0.2, 0.25) is 0 Å². The van der Waals surface area contributed by atoms with Crippen molar-refractivity contribution in [2.75, 3.05) is 26.2 Å². The molecule has 2 N–H and O–H groups in total. The zero-order valence-electron chi connectivity index (χ0n) is 13.8. The number of nitrogens with one attached hydrogen (secondary N) is 1. The summed E-state index contributed by atoms with van der Waals surface area (Å²) in [5.74, 6) is -0.379. The van der Waals surface area contributed by atoms with Crippen LogP contribution in [-0.2, 0) is 16.3 Å². The first-order chi connectivity index (χ1) is 12.1. The molecule has 0 aliphatic carbocycles. The van der Waals surface area contributed by atoms with Crippen LogP contribution in [0.1, 0.15) is 29.6 Å². The van der Waals surface area contributed by atoms with Gasteiger partial charge in [0.15, 0.2) is 19.0 Å². The second-order valence-electron chi connectivity index (χ2n) is 5.52. The molecule has 1 aliphatic heterocycles. The van der Waals surface area contributed by atoms with Gasteiger partial charge in [-0.2, -0.15) is 9.40 Å². The fraction of sp³-hybridized carbons (Fsp3) is 0.533. The molecule has 2 rings (SSSR count). The molecule has 2 amide bonds. The Morgan fingerprint density at radius 2 is 2.08 bits per heavy atom. The molecule has 136 valence electrons. The van der Waals surface area contributed by atoms with Gasteiger partial charge in [-0.05, 0) is 25.3 Å². The molecule has 25 heavy (non-hydrogen) atoms. The number of aromatic nitrogens is 1. The Labute approximate surface area is 144 Å². The molecule has 0 atom stereocenters. The first kappa shape index (κ1) is 18.4. The van der Waals surface area contributed by atoms with Crippen LogP contribution >= 0.6 is 0 Å². The summed E-state index contributed by atoms with van der Waals surface area (Å²) in [5, 5.41) is 10.1. The lowest BCUT2D eigenvalue weighted by Gasteiger charge is -2.25. The van der Waals surface area contributed by atoms with E-state index in [1.807, 2.05) is 0 Å². The smallest absolute Gasteiger partial charge is 0.388 e. The summed E-state index contributed by atoms with van der Waals surface area (Å²) in [4.78, 5) is 40.0. The van der Waals surface area contributed by atoms with E-state index in [9.17, 15) is 14.5 Å². The van der Waals surface area contributed by atoms with Crippen molar-refractivity contribution in [3.8, 4) is 0 Å². The van der Waals surface area contributed by atoms with E-state index in [0.29, 0.717) is 18.7 Å². The van der Waals surface area contributed by atoms with E-state index in [0.717, 1.165) is 19.3 Å². The Morgan fingerprint density at radius 3 is 2.80 bits per heavy atom. The van der Waals surface area contributed by atoms with Gasteiger partial charge >= 0.3 is 11.2 Å². The Kier molecular flexibility index (Phi) is 6.93. The van der Waals surface area contributed by atoms with E-state index >= 15 is 0 Å². The van der Waals surface area contributed by atoms with Crippen molar-refractivity contribution in [2.24, 2.45) is 0 Å². The van der Waals surface area contributed by atoms with Crippen LogP contribution < -0.4 is 9.88 Å². The third-order valence-electron chi connectivity index (χ3n) is 3.66. The van der Waals surface area contributed by atoms with E-state index in [2.05, 4.69) is 10.2 Å². The molecule has 0 bridgehead atoms. The summed E-state index contributed by atoms with van der Waals surface area (Å²) >= 11 is 0. The van der Waals surface area contributed by atoms with Crippen LogP contribution in [0.25, 0.3) is 0 Å². The van der Waals surface area contributed by atoms with Crippen molar-refractivity contribution in [1.29, 1.82) is 0 Å². The number of carbonyl (C=O) groups excluding carboxylic acids is 2. The van der Waals surface area contributed by atoms with Gasteiger partial charge in [0.2, 0.25) is 0 Å². The number of carbonyl (C=O) groups is 2. The van der Waals surface area contributed by atoms with Gasteiger partial charge in [-0.3, -0.25) is 4.79 Å². The quantitative estimate of drug-likeness (QED) is 0.416. The predicted molar refractivity (Wildman–Crippen MR) is 82.2 cm³/mol. The molecule has 1 saturated heterocycles. The standard InChI is InChI=1S/C15H21N4O6/c20-14(16-6-10-25-19(22)23)13-5-4-7-17(11-13)12-24-15(21)18-8-2-1-3-9-18/h4-5,7,11H,1-3,6,8-10,12H2,(H-,16,20,22,23)/q+1/p+1. The zero-order valence-corrected chi connectivity index (χ0v) is 13.8. The minimum atomic E-state index is -0.667. The highest BCUT2D eigenvalue weighted by molar-refractivity contribution is 5.93. The van der Waals surface area contributed by atoms with Gasteiger partial charge in [0, 0.05) is 19.2 Å². The Morgan fingerprint density at radius 1 is 1.32 bits per heavy atom. The molecule has 0 aromatic carbocycles. The number of hydrogen-bond donors (Lipinski definition) is 2. The molecule has 0 spiro atoms. The van der Waals surface area contributed by atoms with Crippen LogP contribution in [0.5, 0.6) is 0 Å². The van der Waals surface area contributed by atoms with E-state index < -0.39 is 5.09 Å². The highest BCUT2D eigenvalue weighted by atomic mass is 16.9. The lowest BCUT2D eigenvalue weighted by atomic mass is 10.1. The Hall–Kier alpha value is -2.91. The van der Waals surface area contributed by atoms with Gasteiger partial charge in [-0.1, -0.05) is 0 Å². The third kappa shape index (κ3) is 6.24. The summed E-state index contributed by atoms with van der Waals surface area (Å²) in [7, 11) is 0. The molecule has 0 unspecified atom stereocenters. The number of hydrogen-bond acceptors (Lipinski definition) is 5. The number of piperidine rings is 1. The fourth-order valence-electron chi connectivity index (χ4n) is 2.42. The van der Waals surface area contributed by atoms with Crippen LogP contribution in [0.4, 0.5) is 4.79 Å². The van der Waals surface area contributed by atoms with Gasteiger partial charge in [0.1, 0.15) is 10.5 Å². The minimum Gasteiger partial charge on any atom is -0.388 e. The first-order valence-corrected chi connectivity index (χ1v) is 8.04. The molecular weight excluding hydrogens is 332 g/mol. The van der Waals surface area contributed by atoms with Gasteiger partial charge in [-0.25, -0.2) is 10.0 Å². The van der Waals surface area contributed by atoms with Gasteiger partial charge in [0.25, 0.3) is 12.6 Å². The summed E-state index contributed by atoms with van der Waals surface area (Å²) in [5.41, 5.74) is 0.361. The number of rotatable bonds is 7. The maximum absolute atomic E-state index is 12.0. The van der Waals surface area contributed by atoms with Gasteiger partial charge in [-0.15, -0.1) is 0 Å². The second kappa shape index (κ2) is 9.40. The molecule has 1 aromatic heterocycles. The van der Waals surface area contributed by atoms with E-state index in [-0.39, 0.29) is 31.9 Å². The van der Waals surface area contributed by atoms with E-state index in [1.165, 1.54) is 0 Å². The normalized spacial score (nSPS) is 13.8. The molecular formula is C15H22N4O6+2. The number of ether oxygens (including phenoxy) is 1. The summed E-state index contributed by atoms with van der Waals surface area (Å²) in [6.45, 7) is 1.32. The summed E-state index contributed by atoms with van der Waals surface area (Å²) in [6.07, 6.45) is 5.98.